The first-order valence-corrected chi connectivity index (χ1v) is 5.55. The Kier molecular flexibility index (Phi) is 6.91. The standard InChI is InChI=1S/C10H20N4O4/c1-5(2)8(14-18)10(17)12-4-7(15)13-6(3)9(11)16/h5-6,8,14,18H,4H2,1-3H3,(H2,11,16)(H,12,17)(H,13,15). The predicted molar refractivity (Wildman–Crippen MR) is 63.4 cm³/mol. The van der Waals surface area contributed by atoms with E-state index in [1.807, 2.05) is 5.48 Å². The molecule has 8 nitrogen and oxygen atoms in total. The summed E-state index contributed by atoms with van der Waals surface area (Å²) in [5.41, 5.74) is 6.83. The third-order valence-electron chi connectivity index (χ3n) is 2.32. The molecule has 0 bridgehead atoms. The van der Waals surface area contributed by atoms with Gasteiger partial charge in [-0.3, -0.25) is 14.4 Å². The van der Waals surface area contributed by atoms with Crippen molar-refractivity contribution >= 4 is 17.7 Å². The molecule has 104 valence electrons. The molecule has 0 aliphatic rings. The van der Waals surface area contributed by atoms with Crippen molar-refractivity contribution in [2.24, 2.45) is 11.7 Å². The van der Waals surface area contributed by atoms with Crippen molar-refractivity contribution in [2.75, 3.05) is 6.54 Å². The summed E-state index contributed by atoms with van der Waals surface area (Å²) in [5.74, 6) is -1.83. The van der Waals surface area contributed by atoms with Gasteiger partial charge in [0.2, 0.25) is 17.7 Å². The van der Waals surface area contributed by atoms with Crippen LogP contribution >= 0.6 is 0 Å². The number of hydrogen-bond acceptors (Lipinski definition) is 5. The van der Waals surface area contributed by atoms with Crippen LogP contribution < -0.4 is 21.8 Å². The van der Waals surface area contributed by atoms with Gasteiger partial charge in [0.1, 0.15) is 12.1 Å². The van der Waals surface area contributed by atoms with Gasteiger partial charge in [0.25, 0.3) is 0 Å². The van der Waals surface area contributed by atoms with Crippen LogP contribution in [-0.2, 0) is 14.4 Å². The molecule has 0 aromatic carbocycles. The molecule has 0 heterocycles. The van der Waals surface area contributed by atoms with Crippen molar-refractivity contribution in [1.82, 2.24) is 16.1 Å². The lowest BCUT2D eigenvalue weighted by Crippen LogP contribution is -2.50. The van der Waals surface area contributed by atoms with E-state index in [2.05, 4.69) is 10.6 Å². The summed E-state index contributed by atoms with van der Waals surface area (Å²) in [7, 11) is 0. The second kappa shape index (κ2) is 7.62. The van der Waals surface area contributed by atoms with Crippen LogP contribution in [-0.4, -0.2) is 41.6 Å². The first-order valence-electron chi connectivity index (χ1n) is 5.55. The molecule has 0 saturated carbocycles. The van der Waals surface area contributed by atoms with Gasteiger partial charge in [0, 0.05) is 0 Å². The first-order chi connectivity index (χ1) is 8.29. The Morgan fingerprint density at radius 1 is 1.22 bits per heavy atom. The summed E-state index contributed by atoms with van der Waals surface area (Å²) < 4.78 is 0. The molecule has 0 saturated heterocycles. The fraction of sp³-hybridized carbons (Fsp3) is 0.700. The Morgan fingerprint density at radius 2 is 1.78 bits per heavy atom. The second-order valence-electron chi connectivity index (χ2n) is 4.26. The molecule has 0 aliphatic carbocycles. The minimum absolute atomic E-state index is 0.136. The number of amides is 3. The minimum Gasteiger partial charge on any atom is -0.368 e. The monoisotopic (exact) mass is 260 g/mol. The highest BCUT2D eigenvalue weighted by molar-refractivity contribution is 5.90. The summed E-state index contributed by atoms with van der Waals surface area (Å²) >= 11 is 0. The van der Waals surface area contributed by atoms with Crippen LogP contribution in [0.15, 0.2) is 0 Å². The maximum atomic E-state index is 11.5. The van der Waals surface area contributed by atoms with Crippen LogP contribution in [0.4, 0.5) is 0 Å². The van der Waals surface area contributed by atoms with Crippen molar-refractivity contribution < 1.29 is 19.6 Å². The summed E-state index contributed by atoms with van der Waals surface area (Å²) in [6.07, 6.45) is 0. The fourth-order valence-corrected chi connectivity index (χ4v) is 1.15. The zero-order valence-electron chi connectivity index (χ0n) is 10.7. The Labute approximate surface area is 105 Å². The topological polar surface area (TPSA) is 134 Å². The van der Waals surface area contributed by atoms with E-state index in [1.165, 1.54) is 6.92 Å². The minimum atomic E-state index is -0.800. The first kappa shape index (κ1) is 16.3. The fourth-order valence-electron chi connectivity index (χ4n) is 1.15. The number of carbonyl (C=O) groups is 3. The lowest BCUT2D eigenvalue weighted by molar-refractivity contribution is -0.131. The highest BCUT2D eigenvalue weighted by Crippen LogP contribution is 2.00. The van der Waals surface area contributed by atoms with Crippen LogP contribution in [0.3, 0.4) is 0 Å². The molecule has 2 unspecified atom stereocenters. The molecule has 0 aromatic rings. The molecule has 2 atom stereocenters. The highest BCUT2D eigenvalue weighted by Gasteiger charge is 2.21. The molecule has 8 heteroatoms. The van der Waals surface area contributed by atoms with E-state index >= 15 is 0 Å². The van der Waals surface area contributed by atoms with Crippen molar-refractivity contribution in [1.29, 1.82) is 0 Å². The zero-order chi connectivity index (χ0) is 14.3. The molecular formula is C10H20N4O4. The number of hydrogen-bond donors (Lipinski definition) is 5. The van der Waals surface area contributed by atoms with Gasteiger partial charge in [0.15, 0.2) is 0 Å². The number of hydroxylamine groups is 1. The van der Waals surface area contributed by atoms with Gasteiger partial charge in [0.05, 0.1) is 6.54 Å². The lowest BCUT2D eigenvalue weighted by atomic mass is 10.0. The highest BCUT2D eigenvalue weighted by atomic mass is 16.5. The molecule has 0 rings (SSSR count). The van der Waals surface area contributed by atoms with Gasteiger partial charge in [-0.15, -0.1) is 0 Å². The van der Waals surface area contributed by atoms with Gasteiger partial charge in [-0.05, 0) is 12.8 Å². The Morgan fingerprint density at radius 3 is 2.17 bits per heavy atom. The van der Waals surface area contributed by atoms with Crippen LogP contribution in [0.1, 0.15) is 20.8 Å². The van der Waals surface area contributed by atoms with E-state index in [0.717, 1.165) is 0 Å². The molecule has 0 radical (unpaired) electrons. The molecule has 0 aliphatic heterocycles. The summed E-state index contributed by atoms with van der Waals surface area (Å²) in [5, 5.41) is 13.4. The van der Waals surface area contributed by atoms with Crippen molar-refractivity contribution in [3.8, 4) is 0 Å². The third kappa shape index (κ3) is 5.60. The molecule has 3 amide bonds. The van der Waals surface area contributed by atoms with Crippen LogP contribution in [0, 0.1) is 5.92 Å². The molecule has 0 aromatic heterocycles. The van der Waals surface area contributed by atoms with E-state index in [-0.39, 0.29) is 12.5 Å². The number of nitrogens with one attached hydrogen (secondary N) is 3. The van der Waals surface area contributed by atoms with E-state index < -0.39 is 29.8 Å². The predicted octanol–water partition coefficient (Wildman–Crippen LogP) is -1.90. The number of carbonyl (C=O) groups excluding carboxylic acids is 3. The maximum absolute atomic E-state index is 11.5. The van der Waals surface area contributed by atoms with Gasteiger partial charge < -0.3 is 21.6 Å². The molecular weight excluding hydrogens is 240 g/mol. The summed E-state index contributed by atoms with van der Waals surface area (Å²) in [6.45, 7) is 4.63. The number of primary amides is 1. The molecule has 6 N–H and O–H groups in total. The van der Waals surface area contributed by atoms with Gasteiger partial charge in [-0.2, -0.15) is 5.48 Å². The molecule has 18 heavy (non-hydrogen) atoms. The zero-order valence-corrected chi connectivity index (χ0v) is 10.7. The van der Waals surface area contributed by atoms with Crippen LogP contribution in [0.2, 0.25) is 0 Å². The third-order valence-corrected chi connectivity index (χ3v) is 2.32. The average molecular weight is 260 g/mol. The van der Waals surface area contributed by atoms with Gasteiger partial charge in [-0.1, -0.05) is 13.8 Å². The number of nitrogens with two attached hydrogens (primary N) is 1. The lowest BCUT2D eigenvalue weighted by Gasteiger charge is -2.18. The van der Waals surface area contributed by atoms with E-state index in [1.54, 1.807) is 13.8 Å². The quantitative estimate of drug-likeness (QED) is 0.341. The van der Waals surface area contributed by atoms with Crippen LogP contribution in [0.5, 0.6) is 0 Å². The average Bonchev–Trinajstić information content (AvgIpc) is 2.26. The summed E-state index contributed by atoms with van der Waals surface area (Å²) in [4.78, 5) is 33.6. The second-order valence-corrected chi connectivity index (χ2v) is 4.26. The normalized spacial score (nSPS) is 13.8. The van der Waals surface area contributed by atoms with Crippen LogP contribution in [0.25, 0.3) is 0 Å². The Hall–Kier alpha value is -1.67. The van der Waals surface area contributed by atoms with E-state index in [0.29, 0.717) is 0 Å². The van der Waals surface area contributed by atoms with Crippen molar-refractivity contribution in [3.05, 3.63) is 0 Å². The largest absolute Gasteiger partial charge is 0.368 e. The van der Waals surface area contributed by atoms with E-state index in [4.69, 9.17) is 10.9 Å². The van der Waals surface area contributed by atoms with Crippen molar-refractivity contribution in [2.45, 2.75) is 32.9 Å². The van der Waals surface area contributed by atoms with Gasteiger partial charge >= 0.3 is 0 Å². The van der Waals surface area contributed by atoms with Gasteiger partial charge in [-0.25, -0.2) is 0 Å². The number of rotatable bonds is 7. The Bertz CT molecular complexity index is 319. The smallest absolute Gasteiger partial charge is 0.240 e. The SMILES string of the molecule is CC(NC(=O)CNC(=O)C(NO)C(C)C)C(N)=O. The molecule has 0 fully saturated rings. The van der Waals surface area contributed by atoms with E-state index in [9.17, 15) is 14.4 Å². The van der Waals surface area contributed by atoms with Crippen molar-refractivity contribution in [3.63, 3.8) is 0 Å². The Balaban J connectivity index is 4.13. The molecule has 0 spiro atoms. The summed E-state index contributed by atoms with van der Waals surface area (Å²) in [6, 6.07) is -1.60. The maximum Gasteiger partial charge on any atom is 0.240 e.